The average Bonchev–Trinajstić information content (AvgIpc) is 2.37. The molecule has 0 atom stereocenters. The van der Waals surface area contributed by atoms with Crippen molar-refractivity contribution in [3.63, 3.8) is 0 Å². The normalized spacial score (nSPS) is 11.6. The van der Waals surface area contributed by atoms with Crippen molar-refractivity contribution >= 4 is 5.78 Å². The van der Waals surface area contributed by atoms with Crippen molar-refractivity contribution in [3.05, 3.63) is 35.4 Å². The average molecular weight is 261 g/mol. The molecule has 1 aromatic carbocycles. The molecule has 19 heavy (non-hydrogen) atoms. The minimum Gasteiger partial charge on any atom is -0.296 e. The van der Waals surface area contributed by atoms with Gasteiger partial charge in [-0.15, -0.1) is 0 Å². The molecule has 0 aliphatic heterocycles. The van der Waals surface area contributed by atoms with Crippen molar-refractivity contribution in [1.82, 2.24) is 4.90 Å². The van der Waals surface area contributed by atoms with Gasteiger partial charge < -0.3 is 0 Å². The summed E-state index contributed by atoms with van der Waals surface area (Å²) in [4.78, 5) is 14.4. The van der Waals surface area contributed by atoms with Gasteiger partial charge in [-0.3, -0.25) is 9.69 Å². The van der Waals surface area contributed by atoms with E-state index in [1.54, 1.807) is 0 Å². The minimum atomic E-state index is 0.220. The standard InChI is InChI=1S/C17H27NO/c1-6-18(11-13(2)3)12-17(19)16-9-7-15(8-10-16)14(4)5/h7-10,13-14H,6,11-12H2,1-5H3. The van der Waals surface area contributed by atoms with Crippen LogP contribution in [-0.4, -0.2) is 30.3 Å². The van der Waals surface area contributed by atoms with Crippen molar-refractivity contribution in [2.45, 2.75) is 40.5 Å². The molecule has 0 fully saturated rings. The Hall–Kier alpha value is -1.15. The summed E-state index contributed by atoms with van der Waals surface area (Å²) in [5, 5.41) is 0. The maximum Gasteiger partial charge on any atom is 0.176 e. The molecule has 1 aromatic rings. The van der Waals surface area contributed by atoms with E-state index in [9.17, 15) is 4.79 Å². The Morgan fingerprint density at radius 3 is 2.11 bits per heavy atom. The smallest absolute Gasteiger partial charge is 0.176 e. The molecule has 2 heteroatoms. The van der Waals surface area contributed by atoms with Crippen molar-refractivity contribution in [2.75, 3.05) is 19.6 Å². The Balaban J connectivity index is 2.66. The summed E-state index contributed by atoms with van der Waals surface area (Å²) in [5.41, 5.74) is 2.11. The van der Waals surface area contributed by atoms with E-state index in [0.717, 1.165) is 18.7 Å². The molecule has 0 saturated heterocycles. The number of hydrogen-bond donors (Lipinski definition) is 0. The van der Waals surface area contributed by atoms with Crippen LogP contribution in [0.25, 0.3) is 0 Å². The fourth-order valence-electron chi connectivity index (χ4n) is 2.17. The number of rotatable bonds is 7. The van der Waals surface area contributed by atoms with E-state index in [1.807, 2.05) is 12.1 Å². The molecule has 0 spiro atoms. The van der Waals surface area contributed by atoms with E-state index >= 15 is 0 Å². The van der Waals surface area contributed by atoms with Gasteiger partial charge in [-0.1, -0.05) is 58.9 Å². The van der Waals surface area contributed by atoms with Crippen LogP contribution < -0.4 is 0 Å². The molecule has 0 bridgehead atoms. The maximum absolute atomic E-state index is 12.2. The van der Waals surface area contributed by atoms with E-state index in [0.29, 0.717) is 18.4 Å². The predicted molar refractivity (Wildman–Crippen MR) is 81.8 cm³/mol. The summed E-state index contributed by atoms with van der Waals surface area (Å²) < 4.78 is 0. The molecule has 0 unspecified atom stereocenters. The molecule has 2 nitrogen and oxygen atoms in total. The Labute approximate surface area is 117 Å². The highest BCUT2D eigenvalue weighted by Gasteiger charge is 2.12. The van der Waals surface area contributed by atoms with Gasteiger partial charge in [0, 0.05) is 12.1 Å². The number of carbonyl (C=O) groups is 1. The third-order valence-corrected chi connectivity index (χ3v) is 3.34. The monoisotopic (exact) mass is 261 g/mol. The van der Waals surface area contributed by atoms with E-state index < -0.39 is 0 Å². The zero-order valence-electron chi connectivity index (χ0n) is 12.9. The van der Waals surface area contributed by atoms with E-state index in [4.69, 9.17) is 0 Å². The number of ketones is 1. The molecule has 0 heterocycles. The van der Waals surface area contributed by atoms with Gasteiger partial charge in [-0.2, -0.15) is 0 Å². The van der Waals surface area contributed by atoms with Crippen LogP contribution in [0.2, 0.25) is 0 Å². The highest BCUT2D eigenvalue weighted by molar-refractivity contribution is 5.97. The van der Waals surface area contributed by atoms with Crippen LogP contribution in [0.4, 0.5) is 0 Å². The quantitative estimate of drug-likeness (QED) is 0.692. The SMILES string of the molecule is CCN(CC(=O)c1ccc(C(C)C)cc1)CC(C)C. The number of hydrogen-bond acceptors (Lipinski definition) is 2. The van der Waals surface area contributed by atoms with Crippen molar-refractivity contribution in [1.29, 1.82) is 0 Å². The van der Waals surface area contributed by atoms with E-state index in [2.05, 4.69) is 51.7 Å². The second-order valence-electron chi connectivity index (χ2n) is 5.92. The largest absolute Gasteiger partial charge is 0.296 e. The Morgan fingerprint density at radius 1 is 1.11 bits per heavy atom. The molecule has 0 radical (unpaired) electrons. The molecule has 1 rings (SSSR count). The third kappa shape index (κ3) is 5.15. The lowest BCUT2D eigenvalue weighted by Crippen LogP contribution is -2.32. The Morgan fingerprint density at radius 2 is 1.68 bits per heavy atom. The lowest BCUT2D eigenvalue weighted by molar-refractivity contribution is 0.0926. The maximum atomic E-state index is 12.2. The van der Waals surface area contributed by atoms with Gasteiger partial charge in [0.25, 0.3) is 0 Å². The first kappa shape index (κ1) is 15.9. The summed E-state index contributed by atoms with van der Waals surface area (Å²) in [7, 11) is 0. The molecule has 0 amide bonds. The first-order valence-corrected chi connectivity index (χ1v) is 7.29. The number of benzene rings is 1. The molecule has 0 saturated carbocycles. The van der Waals surface area contributed by atoms with Crippen molar-refractivity contribution < 1.29 is 4.79 Å². The van der Waals surface area contributed by atoms with Gasteiger partial charge in [-0.25, -0.2) is 0 Å². The first-order chi connectivity index (χ1) is 8.93. The highest BCUT2D eigenvalue weighted by atomic mass is 16.1. The number of carbonyl (C=O) groups excluding carboxylic acids is 1. The molecular weight excluding hydrogens is 234 g/mol. The van der Waals surface area contributed by atoms with Gasteiger partial charge in [0.1, 0.15) is 0 Å². The van der Waals surface area contributed by atoms with Crippen LogP contribution in [0, 0.1) is 5.92 Å². The fraction of sp³-hybridized carbons (Fsp3) is 0.588. The number of Topliss-reactive ketones (excluding diaryl/α,β-unsaturated/α-hetero) is 1. The van der Waals surface area contributed by atoms with Gasteiger partial charge in [0.15, 0.2) is 5.78 Å². The highest BCUT2D eigenvalue weighted by Crippen LogP contribution is 2.15. The zero-order valence-corrected chi connectivity index (χ0v) is 12.9. The van der Waals surface area contributed by atoms with E-state index in [1.165, 1.54) is 5.56 Å². The molecule has 0 aliphatic rings. The lowest BCUT2D eigenvalue weighted by Gasteiger charge is -2.21. The van der Waals surface area contributed by atoms with Crippen LogP contribution in [0.3, 0.4) is 0 Å². The summed E-state index contributed by atoms with van der Waals surface area (Å²) in [6.45, 7) is 13.2. The Bertz CT molecular complexity index is 392. The lowest BCUT2D eigenvalue weighted by atomic mass is 10.0. The predicted octanol–water partition coefficient (Wildman–Crippen LogP) is 3.97. The van der Waals surface area contributed by atoms with Crippen LogP contribution in [-0.2, 0) is 0 Å². The molecule has 106 valence electrons. The van der Waals surface area contributed by atoms with Gasteiger partial charge in [0.2, 0.25) is 0 Å². The van der Waals surface area contributed by atoms with Crippen LogP contribution >= 0.6 is 0 Å². The molecule has 0 N–H and O–H groups in total. The van der Waals surface area contributed by atoms with Crippen LogP contribution in [0.1, 0.15) is 56.5 Å². The molecule has 0 aliphatic carbocycles. The fourth-order valence-corrected chi connectivity index (χ4v) is 2.17. The van der Waals surface area contributed by atoms with Gasteiger partial charge in [0.05, 0.1) is 6.54 Å². The first-order valence-electron chi connectivity index (χ1n) is 7.29. The Kier molecular flexibility index (Phi) is 6.23. The summed E-state index contributed by atoms with van der Waals surface area (Å²) in [6.07, 6.45) is 0. The summed E-state index contributed by atoms with van der Waals surface area (Å²) in [6, 6.07) is 8.05. The molecular formula is C17H27NO. The molecule has 0 aromatic heterocycles. The second kappa shape index (κ2) is 7.44. The zero-order chi connectivity index (χ0) is 14.4. The van der Waals surface area contributed by atoms with Gasteiger partial charge >= 0.3 is 0 Å². The van der Waals surface area contributed by atoms with Crippen LogP contribution in [0.15, 0.2) is 24.3 Å². The van der Waals surface area contributed by atoms with Crippen molar-refractivity contribution in [2.24, 2.45) is 5.92 Å². The van der Waals surface area contributed by atoms with E-state index in [-0.39, 0.29) is 5.78 Å². The number of nitrogens with zero attached hydrogens (tertiary/aromatic N) is 1. The second-order valence-corrected chi connectivity index (χ2v) is 5.92. The third-order valence-electron chi connectivity index (χ3n) is 3.34. The topological polar surface area (TPSA) is 20.3 Å². The van der Waals surface area contributed by atoms with Crippen molar-refractivity contribution in [3.8, 4) is 0 Å². The van der Waals surface area contributed by atoms with Crippen LogP contribution in [0.5, 0.6) is 0 Å². The minimum absolute atomic E-state index is 0.220. The number of likely N-dealkylation sites (N-methyl/N-ethyl adjacent to an activating group) is 1. The summed E-state index contributed by atoms with van der Waals surface area (Å²) >= 11 is 0. The summed E-state index contributed by atoms with van der Waals surface area (Å²) in [5.74, 6) is 1.33. The van der Waals surface area contributed by atoms with Gasteiger partial charge in [-0.05, 0) is 23.9 Å².